The van der Waals surface area contributed by atoms with Crippen molar-refractivity contribution >= 4 is 75.3 Å². The highest BCUT2D eigenvalue weighted by molar-refractivity contribution is 7.81. The average molecular weight is 1060 g/mol. The molecule has 0 bridgehead atoms. The lowest BCUT2D eigenvalue weighted by Crippen LogP contribution is -2.58. The minimum absolute atomic E-state index is 0.00255. The first-order valence-corrected chi connectivity index (χ1v) is 24.2. The number of alkyl halides is 3. The molecule has 0 unspecified atom stereocenters. The molecular weight excluding hydrogens is 1010 g/mol. The van der Waals surface area contributed by atoms with Crippen molar-refractivity contribution in [3.63, 3.8) is 0 Å². The normalized spacial score (nSPS) is 17.3. The number of halogens is 5. The number of anilines is 2. The number of pyridine rings is 1. The van der Waals surface area contributed by atoms with Gasteiger partial charge in [0.2, 0.25) is 23.6 Å². The van der Waals surface area contributed by atoms with Gasteiger partial charge >= 0.3 is 6.18 Å². The number of likely N-dealkylation sites (tertiary alicyclic amines) is 1. The molecule has 0 aliphatic carbocycles. The van der Waals surface area contributed by atoms with Crippen LogP contribution in [-0.2, 0) is 46.1 Å². The third kappa shape index (κ3) is 12.8. The van der Waals surface area contributed by atoms with E-state index in [4.69, 9.17) is 48.0 Å². The minimum atomic E-state index is -5.23. The molecule has 2 aliphatic rings. The number of aliphatic hydroxyl groups excluding tert-OH is 1. The van der Waals surface area contributed by atoms with Gasteiger partial charge in [-0.15, -0.1) is 11.3 Å². The third-order valence-corrected chi connectivity index (χ3v) is 13.3. The van der Waals surface area contributed by atoms with E-state index in [-0.39, 0.29) is 87.5 Å². The molecule has 17 nitrogen and oxygen atoms in total. The van der Waals surface area contributed by atoms with Crippen molar-refractivity contribution in [3.8, 4) is 22.4 Å². The van der Waals surface area contributed by atoms with Crippen LogP contribution in [0.5, 0.6) is 5.88 Å². The zero-order valence-electron chi connectivity index (χ0n) is 40.1. The fourth-order valence-electron chi connectivity index (χ4n) is 7.98. The van der Waals surface area contributed by atoms with E-state index in [1.54, 1.807) is 37.6 Å². The van der Waals surface area contributed by atoms with E-state index in [0.29, 0.717) is 4.90 Å². The largest absolute Gasteiger partial charge is 0.474 e. The lowest BCUT2D eigenvalue weighted by atomic mass is 9.85. The van der Waals surface area contributed by atoms with Gasteiger partial charge < -0.3 is 44.5 Å². The number of nitrogens with zero attached hydrogens (tertiary/aromatic N) is 6. The second-order valence-corrected chi connectivity index (χ2v) is 19.9. The van der Waals surface area contributed by atoms with E-state index in [2.05, 4.69) is 20.6 Å². The second kappa shape index (κ2) is 23.3. The molecule has 4 heterocycles. The number of thiazole rings is 1. The first-order valence-electron chi connectivity index (χ1n) is 22.5. The summed E-state index contributed by atoms with van der Waals surface area (Å²) in [6.07, 6.45) is -4.81. The van der Waals surface area contributed by atoms with Crippen LogP contribution < -0.4 is 25.2 Å². The van der Waals surface area contributed by atoms with Gasteiger partial charge in [0.05, 0.1) is 84.4 Å². The predicted molar refractivity (Wildman–Crippen MR) is 262 cm³/mol. The molecule has 386 valence electrons. The topological polar surface area (TPSA) is 209 Å². The van der Waals surface area contributed by atoms with Crippen LogP contribution in [0.2, 0.25) is 5.02 Å². The van der Waals surface area contributed by atoms with Crippen molar-refractivity contribution in [3.05, 3.63) is 87.4 Å². The fourth-order valence-corrected chi connectivity index (χ4v) is 9.52. The molecule has 2 fully saturated rings. The molecule has 6 rings (SSSR count). The summed E-state index contributed by atoms with van der Waals surface area (Å²) in [5, 5.41) is 25.0. The van der Waals surface area contributed by atoms with Crippen LogP contribution in [0.4, 0.5) is 28.9 Å². The molecule has 2 saturated heterocycles. The monoisotopic (exact) mass is 1060 g/mol. The Balaban J connectivity index is 0.886. The van der Waals surface area contributed by atoms with E-state index in [1.807, 2.05) is 31.2 Å². The number of benzene rings is 2. The Labute approximate surface area is 427 Å². The van der Waals surface area contributed by atoms with Crippen LogP contribution in [0.1, 0.15) is 63.4 Å². The lowest BCUT2D eigenvalue weighted by Gasteiger charge is -2.35. The lowest BCUT2D eigenvalue weighted by molar-refractivity contribution is -0.144. The maximum atomic E-state index is 15.4. The number of hydrogen-bond acceptors (Lipinski definition) is 14. The number of aliphatic hydroxyl groups is 1. The molecular formula is C48H53ClF4N8O9S2. The van der Waals surface area contributed by atoms with Gasteiger partial charge in [-0.1, -0.05) is 56.6 Å². The maximum absolute atomic E-state index is 15.4. The fraction of sp³-hybridized carbons (Fsp3) is 0.458. The van der Waals surface area contributed by atoms with Gasteiger partial charge in [0, 0.05) is 19.5 Å². The smallest absolute Gasteiger partial charge is 0.420 e. The van der Waals surface area contributed by atoms with Crippen LogP contribution in [-0.4, -0.2) is 125 Å². The highest BCUT2D eigenvalue weighted by atomic mass is 35.5. The molecule has 24 heteroatoms. The second-order valence-electron chi connectivity index (χ2n) is 18.3. The molecule has 2 aliphatic heterocycles. The zero-order chi connectivity index (χ0) is 52.7. The Morgan fingerprint density at radius 3 is 2.28 bits per heavy atom. The Kier molecular flexibility index (Phi) is 18.0. The summed E-state index contributed by atoms with van der Waals surface area (Å²) in [5.74, 6) is -4.13. The minimum Gasteiger partial charge on any atom is -0.474 e. The number of β-amino-alcohol motifs (C(OH)–C–C–N with tert-alkyl or cyclic N) is 1. The summed E-state index contributed by atoms with van der Waals surface area (Å²) in [7, 11) is 0. The van der Waals surface area contributed by atoms with E-state index in [0.717, 1.165) is 33.8 Å². The molecule has 72 heavy (non-hydrogen) atoms. The Hall–Kier alpha value is -5.87. The summed E-state index contributed by atoms with van der Waals surface area (Å²) in [6, 6.07) is 10.1. The van der Waals surface area contributed by atoms with Crippen LogP contribution >= 0.6 is 35.2 Å². The van der Waals surface area contributed by atoms with E-state index in [9.17, 15) is 37.5 Å². The predicted octanol–water partition coefficient (Wildman–Crippen LogP) is 6.35. The van der Waals surface area contributed by atoms with E-state index >= 15 is 4.39 Å². The van der Waals surface area contributed by atoms with Gasteiger partial charge in [0.1, 0.15) is 41.4 Å². The van der Waals surface area contributed by atoms with Crippen LogP contribution in [0, 0.1) is 29.5 Å². The molecule has 2 aromatic heterocycles. The number of amides is 4. The molecule has 4 aromatic rings. The Bertz CT molecular complexity index is 2700. The number of rotatable bonds is 20. The van der Waals surface area contributed by atoms with Gasteiger partial charge in [-0.3, -0.25) is 24.1 Å². The number of thiocarbonyl (C=S) groups is 1. The van der Waals surface area contributed by atoms with Crippen molar-refractivity contribution in [1.29, 1.82) is 5.26 Å². The molecule has 3 N–H and O–H groups in total. The molecule has 0 radical (unpaired) electrons. The van der Waals surface area contributed by atoms with E-state index in [1.165, 1.54) is 42.0 Å². The number of nitriles is 1. The Morgan fingerprint density at radius 1 is 1.03 bits per heavy atom. The molecule has 0 spiro atoms. The first-order chi connectivity index (χ1) is 33.9. The van der Waals surface area contributed by atoms with Gasteiger partial charge in [-0.25, -0.2) is 14.4 Å². The number of nitrogens with one attached hydrogen (secondary N) is 2. The highest BCUT2D eigenvalue weighted by Crippen LogP contribution is 2.43. The summed E-state index contributed by atoms with van der Waals surface area (Å²) in [4.78, 5) is 66.6. The average Bonchev–Trinajstić information content (AvgIpc) is 3.98. The summed E-state index contributed by atoms with van der Waals surface area (Å²) >= 11 is 13.5. The summed E-state index contributed by atoms with van der Waals surface area (Å²) < 4.78 is 78.8. The standard InChI is InChI=1S/C48H53ClF4N8O9S2/c1-27-39(72-26-57-27)29-9-7-28(8-10-29)22-55-41(64)35-20-32(62)24-59(35)43(65)40(46(2,3)4)58-36(63)25-69-16-15-67-13-14-68-17-18-70-42-33(49)19-31(23-56-42)61-45(71)60(44(66)47(61,5)6)34-12-11-30(21-54)37(38(34)50)48(51,52)53/h7-12,19,23,26,32,35,40,62H,13-18,20,22,24-25H2,1-6H3,(H,55,64)(H,58,63)/t32-,35+,40-/m1/s1. The van der Waals surface area contributed by atoms with Crippen molar-refractivity contribution in [2.75, 3.05) is 62.6 Å². The summed E-state index contributed by atoms with van der Waals surface area (Å²) in [6.45, 7) is 10.6. The highest BCUT2D eigenvalue weighted by Gasteiger charge is 2.52. The van der Waals surface area contributed by atoms with Gasteiger partial charge in [-0.05, 0) is 67.7 Å². The number of carbonyl (C=O) groups excluding carboxylic acids is 4. The van der Waals surface area contributed by atoms with Crippen LogP contribution in [0.25, 0.3) is 10.4 Å². The summed E-state index contributed by atoms with van der Waals surface area (Å²) in [5.41, 5.74) is -1.06. The van der Waals surface area contributed by atoms with E-state index < -0.39 is 81.6 Å². The maximum Gasteiger partial charge on any atom is 0.420 e. The first kappa shape index (κ1) is 55.4. The number of ether oxygens (including phenoxy) is 4. The van der Waals surface area contributed by atoms with Crippen molar-refractivity contribution < 1.29 is 60.8 Å². The van der Waals surface area contributed by atoms with Gasteiger partial charge in [-0.2, -0.15) is 18.4 Å². The third-order valence-electron chi connectivity index (χ3n) is 11.6. The molecule has 0 saturated carbocycles. The zero-order valence-corrected chi connectivity index (χ0v) is 42.5. The van der Waals surface area contributed by atoms with Crippen LogP contribution in [0.3, 0.4) is 0 Å². The van der Waals surface area contributed by atoms with Gasteiger partial charge in [0.25, 0.3) is 5.91 Å². The Morgan fingerprint density at radius 2 is 1.68 bits per heavy atom. The van der Waals surface area contributed by atoms with Crippen molar-refractivity contribution in [2.45, 2.75) is 84.4 Å². The number of carbonyl (C=O) groups is 4. The molecule has 3 atom stereocenters. The number of aryl methyl sites for hydroxylation is 1. The van der Waals surface area contributed by atoms with Crippen molar-refractivity contribution in [1.82, 2.24) is 25.5 Å². The van der Waals surface area contributed by atoms with Crippen molar-refractivity contribution in [2.24, 2.45) is 5.41 Å². The molecule has 2 aromatic carbocycles. The molecule has 4 amide bonds. The van der Waals surface area contributed by atoms with Crippen LogP contribution in [0.15, 0.2) is 54.2 Å². The number of hydrogen-bond donors (Lipinski definition) is 3. The van der Waals surface area contributed by atoms with Gasteiger partial charge in [0.15, 0.2) is 10.9 Å². The number of aromatic nitrogens is 2. The SMILES string of the molecule is Cc1ncsc1-c1ccc(CNC(=O)[C@@H]2C[C@@H](O)CN2C(=O)[C@@H](NC(=O)COCCOCCOCCOc2ncc(N3C(=S)N(c4ccc(C#N)c(C(F)(F)F)c4F)C(=O)C3(C)C)cc2Cl)C(C)(C)C)cc1. The quantitative estimate of drug-likeness (QED) is 0.0501.